The fourth-order valence-corrected chi connectivity index (χ4v) is 2.33. The van der Waals surface area contributed by atoms with Gasteiger partial charge in [-0.05, 0) is 32.4 Å². The van der Waals surface area contributed by atoms with Crippen LogP contribution in [0.3, 0.4) is 0 Å². The summed E-state index contributed by atoms with van der Waals surface area (Å²) in [5.74, 6) is 0.913. The second-order valence-electron chi connectivity index (χ2n) is 4.62. The normalized spacial score (nSPS) is 12.6. The van der Waals surface area contributed by atoms with Gasteiger partial charge in [-0.1, -0.05) is 0 Å². The van der Waals surface area contributed by atoms with Crippen LogP contribution in [0.1, 0.15) is 31.3 Å². The smallest absolute Gasteiger partial charge is 0.328 e. The number of fused-ring (bicyclic) bond motifs is 1. The largest absolute Gasteiger partial charge is 0.464 e. The van der Waals surface area contributed by atoms with Gasteiger partial charge in [0.15, 0.2) is 5.65 Å². The third-order valence-electron chi connectivity index (χ3n) is 3.07. The third-order valence-corrected chi connectivity index (χ3v) is 3.26. The van der Waals surface area contributed by atoms with Gasteiger partial charge in [0.05, 0.1) is 6.61 Å². The van der Waals surface area contributed by atoms with E-state index in [1.54, 1.807) is 20.0 Å². The zero-order valence-corrected chi connectivity index (χ0v) is 12.6. The van der Waals surface area contributed by atoms with Crippen LogP contribution >= 0.6 is 11.6 Å². The molecule has 0 saturated heterocycles. The molecule has 1 unspecified atom stereocenters. The number of carbonyl (C=O) groups is 1. The fraction of sp³-hybridized carbons (Fsp3) is 0.500. The molecule has 0 saturated carbocycles. The summed E-state index contributed by atoms with van der Waals surface area (Å²) in [6, 6.07) is 1.49. The van der Waals surface area contributed by atoms with E-state index in [9.17, 15) is 4.79 Å². The molecule has 108 valence electrons. The van der Waals surface area contributed by atoms with E-state index in [4.69, 9.17) is 16.3 Å². The Labute approximate surface area is 122 Å². The Morgan fingerprint density at radius 1 is 1.55 bits per heavy atom. The maximum absolute atomic E-state index is 12.0. The summed E-state index contributed by atoms with van der Waals surface area (Å²) in [7, 11) is 0. The molecule has 1 atom stereocenters. The molecule has 0 spiro atoms. The van der Waals surface area contributed by atoms with Gasteiger partial charge in [-0.15, -0.1) is 11.6 Å². The molecule has 0 N–H and O–H groups in total. The van der Waals surface area contributed by atoms with Crippen LogP contribution in [0, 0.1) is 6.92 Å². The molecule has 0 aliphatic carbocycles. The molecule has 2 aromatic rings. The molecule has 0 fully saturated rings. The Morgan fingerprint density at radius 3 is 2.95 bits per heavy atom. The molecule has 0 aliphatic rings. The average Bonchev–Trinajstić information content (AvgIpc) is 2.75. The summed E-state index contributed by atoms with van der Waals surface area (Å²) in [6.45, 7) is 5.89. The van der Waals surface area contributed by atoms with Crippen molar-refractivity contribution < 1.29 is 9.53 Å². The molecule has 2 aromatic heterocycles. The summed E-state index contributed by atoms with van der Waals surface area (Å²) in [5.41, 5.74) is 2.50. The topological polar surface area (TPSA) is 57.0 Å². The number of imidazole rings is 1. The van der Waals surface area contributed by atoms with Gasteiger partial charge in [-0.2, -0.15) is 0 Å². The molecule has 0 radical (unpaired) electrons. The number of aromatic nitrogens is 3. The maximum atomic E-state index is 12.0. The Morgan fingerprint density at radius 2 is 2.30 bits per heavy atom. The van der Waals surface area contributed by atoms with Crippen molar-refractivity contribution in [2.45, 2.75) is 33.2 Å². The molecule has 0 aromatic carbocycles. The van der Waals surface area contributed by atoms with Crippen molar-refractivity contribution in [1.29, 1.82) is 0 Å². The van der Waals surface area contributed by atoms with E-state index >= 15 is 0 Å². The van der Waals surface area contributed by atoms with E-state index in [1.165, 1.54) is 0 Å². The number of ether oxygens (including phenoxy) is 1. The quantitative estimate of drug-likeness (QED) is 0.628. The fourth-order valence-electron chi connectivity index (χ4n) is 2.17. The van der Waals surface area contributed by atoms with E-state index in [1.807, 2.05) is 17.6 Å². The number of hydrogen-bond donors (Lipinski definition) is 0. The Bertz CT molecular complexity index is 624. The van der Waals surface area contributed by atoms with Gasteiger partial charge >= 0.3 is 5.97 Å². The number of rotatable bonds is 5. The second kappa shape index (κ2) is 6.22. The van der Waals surface area contributed by atoms with Gasteiger partial charge in [-0.3, -0.25) is 4.57 Å². The van der Waals surface area contributed by atoms with Crippen molar-refractivity contribution >= 4 is 28.7 Å². The lowest BCUT2D eigenvalue weighted by Crippen LogP contribution is -2.21. The lowest BCUT2D eigenvalue weighted by Gasteiger charge is -2.15. The molecule has 6 heteroatoms. The highest BCUT2D eigenvalue weighted by Crippen LogP contribution is 2.22. The summed E-state index contributed by atoms with van der Waals surface area (Å²) >= 11 is 5.82. The highest BCUT2D eigenvalue weighted by molar-refractivity contribution is 6.17. The van der Waals surface area contributed by atoms with Crippen LogP contribution < -0.4 is 0 Å². The number of nitrogens with zero attached hydrogens (tertiary/aromatic N) is 3. The predicted molar refractivity (Wildman–Crippen MR) is 78.0 cm³/mol. The van der Waals surface area contributed by atoms with Gasteiger partial charge in [0.25, 0.3) is 0 Å². The second-order valence-corrected chi connectivity index (χ2v) is 5.00. The summed E-state index contributed by atoms with van der Waals surface area (Å²) in [6.07, 6.45) is 2.35. The van der Waals surface area contributed by atoms with Crippen LogP contribution in [-0.2, 0) is 16.0 Å². The molecule has 2 heterocycles. The van der Waals surface area contributed by atoms with Crippen molar-refractivity contribution in [2.75, 3.05) is 12.5 Å². The highest BCUT2D eigenvalue weighted by atomic mass is 35.5. The van der Waals surface area contributed by atoms with Gasteiger partial charge < -0.3 is 4.74 Å². The van der Waals surface area contributed by atoms with Gasteiger partial charge in [0.2, 0.25) is 0 Å². The van der Waals surface area contributed by atoms with E-state index in [0.717, 1.165) is 16.9 Å². The SMILES string of the molecule is CCOC(=O)C(C)n1c(CCCl)nc2cc(C)cnc21. The van der Waals surface area contributed by atoms with Crippen LogP contribution in [0.4, 0.5) is 0 Å². The lowest BCUT2D eigenvalue weighted by molar-refractivity contribution is -0.146. The minimum absolute atomic E-state index is 0.287. The predicted octanol–water partition coefficient (Wildman–Crippen LogP) is 2.65. The van der Waals surface area contributed by atoms with E-state index < -0.39 is 6.04 Å². The first-order valence-corrected chi connectivity index (χ1v) is 7.18. The van der Waals surface area contributed by atoms with Crippen LogP contribution in [0.25, 0.3) is 11.2 Å². The number of carbonyl (C=O) groups excluding carboxylic acids is 1. The summed E-state index contributed by atoms with van der Waals surface area (Å²) in [4.78, 5) is 20.9. The highest BCUT2D eigenvalue weighted by Gasteiger charge is 2.23. The molecule has 0 bridgehead atoms. The van der Waals surface area contributed by atoms with Gasteiger partial charge in [0.1, 0.15) is 17.4 Å². The van der Waals surface area contributed by atoms with Crippen molar-refractivity contribution in [3.8, 4) is 0 Å². The Kier molecular flexibility index (Phi) is 4.60. The van der Waals surface area contributed by atoms with Crippen LogP contribution in [0.5, 0.6) is 0 Å². The standard InChI is InChI=1S/C14H18ClN3O2/c1-4-20-14(19)10(3)18-12(5-6-15)17-11-7-9(2)8-16-13(11)18/h7-8,10H,4-6H2,1-3H3. The number of esters is 1. The molecular weight excluding hydrogens is 278 g/mol. The first kappa shape index (κ1) is 14.8. The molecule has 0 aliphatic heterocycles. The first-order chi connectivity index (χ1) is 9.58. The minimum atomic E-state index is -0.464. The molecule has 5 nitrogen and oxygen atoms in total. The number of hydrogen-bond acceptors (Lipinski definition) is 4. The number of alkyl halides is 1. The molecule has 0 amide bonds. The van der Waals surface area contributed by atoms with Crippen molar-refractivity contribution in [3.63, 3.8) is 0 Å². The number of pyridine rings is 1. The van der Waals surface area contributed by atoms with Crippen LogP contribution in [0.15, 0.2) is 12.3 Å². The lowest BCUT2D eigenvalue weighted by atomic mass is 10.3. The van der Waals surface area contributed by atoms with Crippen molar-refractivity contribution in [3.05, 3.63) is 23.7 Å². The maximum Gasteiger partial charge on any atom is 0.328 e. The van der Waals surface area contributed by atoms with Crippen molar-refractivity contribution in [2.24, 2.45) is 0 Å². The zero-order valence-electron chi connectivity index (χ0n) is 11.9. The van der Waals surface area contributed by atoms with Gasteiger partial charge in [0, 0.05) is 18.5 Å². The van der Waals surface area contributed by atoms with Crippen molar-refractivity contribution in [1.82, 2.24) is 14.5 Å². The number of halogens is 1. The van der Waals surface area contributed by atoms with E-state index in [-0.39, 0.29) is 5.97 Å². The molecule has 2 rings (SSSR count). The molecular formula is C14H18ClN3O2. The van der Waals surface area contributed by atoms with Gasteiger partial charge in [-0.25, -0.2) is 14.8 Å². The molecule has 20 heavy (non-hydrogen) atoms. The summed E-state index contributed by atoms with van der Waals surface area (Å²) < 4.78 is 6.90. The number of aryl methyl sites for hydroxylation is 2. The van der Waals surface area contributed by atoms with Crippen LogP contribution in [0.2, 0.25) is 0 Å². The zero-order chi connectivity index (χ0) is 14.7. The van der Waals surface area contributed by atoms with Crippen LogP contribution in [-0.4, -0.2) is 33.0 Å². The Balaban J connectivity index is 2.53. The van der Waals surface area contributed by atoms with E-state index in [0.29, 0.717) is 24.6 Å². The van der Waals surface area contributed by atoms with E-state index in [2.05, 4.69) is 9.97 Å². The monoisotopic (exact) mass is 295 g/mol. The summed E-state index contributed by atoms with van der Waals surface area (Å²) in [5, 5.41) is 0. The Hall–Kier alpha value is -1.62. The third kappa shape index (κ3) is 2.77. The minimum Gasteiger partial charge on any atom is -0.464 e. The first-order valence-electron chi connectivity index (χ1n) is 6.64. The average molecular weight is 296 g/mol.